The van der Waals surface area contributed by atoms with E-state index in [9.17, 15) is 19.2 Å². The van der Waals surface area contributed by atoms with E-state index in [1.165, 1.54) is 33.1 Å². The minimum atomic E-state index is -0.609. The van der Waals surface area contributed by atoms with E-state index < -0.39 is 29.4 Å². The standard InChI is InChI=1S/C17H25ClN2O4.C17H22ClNO3.C4H8O.C2H3.ClH.Mg/c1-17(2,3)24-16(22)19-14(11-15(21)20(4)23-5)10-12-6-8-13(18)9-7-12;1-5-15(20)11-14(19-16(21)22-17(2,3)4)10-12-6-8-13(18)9-7-12;1-2-4-5-3-1;1-2;;/h6-9,14H,10-11H2,1-5H3,(H,19,22);5-9,14H,1,10-11H2,2-4H3,(H,19,21);1-4H2;1H,2H2;1H;/q;;;-1;;+2/p-1/t2*14-;;;;/m00..../s1. The number of hydroxylamine groups is 2. The fourth-order valence-corrected chi connectivity index (χ4v) is 4.64. The number of carbonyl (C=O) groups is 4. The van der Waals surface area contributed by atoms with Gasteiger partial charge in [-0.15, -0.1) is 0 Å². The Morgan fingerprint density at radius 3 is 1.45 bits per heavy atom. The molecule has 304 valence electrons. The second-order valence-corrected chi connectivity index (χ2v) is 14.7. The van der Waals surface area contributed by atoms with Crippen LogP contribution in [0.5, 0.6) is 0 Å². The van der Waals surface area contributed by atoms with Gasteiger partial charge in [0.15, 0.2) is 5.78 Å². The van der Waals surface area contributed by atoms with E-state index in [0.29, 0.717) is 22.9 Å². The Morgan fingerprint density at radius 1 is 0.800 bits per heavy atom. The molecule has 0 bridgehead atoms. The van der Waals surface area contributed by atoms with Gasteiger partial charge < -0.3 is 43.8 Å². The smallest absolute Gasteiger partial charge is 1.00 e. The number of nitrogens with one attached hydrogen (secondary N) is 2. The first-order valence-corrected chi connectivity index (χ1v) is 18.0. The summed E-state index contributed by atoms with van der Waals surface area (Å²) >= 11 is 11.7. The van der Waals surface area contributed by atoms with Gasteiger partial charge in [-0.05, 0) is 109 Å². The first-order valence-electron chi connectivity index (χ1n) is 17.2. The Labute approximate surface area is 360 Å². The van der Waals surface area contributed by atoms with Crippen molar-refractivity contribution in [3.05, 3.63) is 95.5 Å². The predicted octanol–water partition coefficient (Wildman–Crippen LogP) is 5.13. The van der Waals surface area contributed by atoms with Crippen LogP contribution in [0.2, 0.25) is 10.0 Å². The first-order chi connectivity index (χ1) is 24.8. The maximum atomic E-state index is 12.1. The quantitative estimate of drug-likeness (QED) is 0.130. The number of hydrogen-bond acceptors (Lipinski definition) is 8. The molecule has 0 saturated carbocycles. The van der Waals surface area contributed by atoms with Crippen LogP contribution in [0.1, 0.15) is 78.4 Å². The third kappa shape index (κ3) is 30.0. The maximum Gasteiger partial charge on any atom is 2.00 e. The first kappa shape index (κ1) is 56.5. The summed E-state index contributed by atoms with van der Waals surface area (Å²) < 4.78 is 15.4. The van der Waals surface area contributed by atoms with Gasteiger partial charge in [0, 0.05) is 55.2 Å². The number of nitrogens with zero attached hydrogens (tertiary/aromatic N) is 1. The second-order valence-electron chi connectivity index (χ2n) is 13.8. The molecular weight excluding hydrogens is 781 g/mol. The van der Waals surface area contributed by atoms with Gasteiger partial charge in [0.25, 0.3) is 0 Å². The molecule has 1 aliphatic heterocycles. The average molecular weight is 840 g/mol. The molecule has 0 radical (unpaired) electrons. The summed E-state index contributed by atoms with van der Waals surface area (Å²) in [6.07, 6.45) is 3.96. The predicted molar refractivity (Wildman–Crippen MR) is 217 cm³/mol. The van der Waals surface area contributed by atoms with Crippen molar-refractivity contribution in [2.75, 3.05) is 27.4 Å². The molecule has 11 nitrogen and oxygen atoms in total. The minimum absolute atomic E-state index is 0. The van der Waals surface area contributed by atoms with E-state index in [0.717, 1.165) is 29.4 Å². The molecule has 0 aromatic heterocycles. The van der Waals surface area contributed by atoms with Crippen molar-refractivity contribution in [1.29, 1.82) is 0 Å². The molecule has 2 aromatic carbocycles. The van der Waals surface area contributed by atoms with Crippen LogP contribution in [0.25, 0.3) is 0 Å². The third-order valence-electron chi connectivity index (χ3n) is 6.78. The Balaban J connectivity index is -0.000000811. The van der Waals surface area contributed by atoms with Gasteiger partial charge in [0.1, 0.15) is 11.2 Å². The topological polar surface area (TPSA) is 132 Å². The van der Waals surface area contributed by atoms with Crippen LogP contribution in [0, 0.1) is 6.58 Å². The average Bonchev–Trinajstić information content (AvgIpc) is 3.66. The largest absolute Gasteiger partial charge is 2.00 e. The van der Waals surface area contributed by atoms with Crippen LogP contribution >= 0.6 is 23.2 Å². The second kappa shape index (κ2) is 30.3. The number of carbonyl (C=O) groups excluding carboxylic acids is 4. The van der Waals surface area contributed by atoms with E-state index in [2.05, 4.69) is 30.4 Å². The van der Waals surface area contributed by atoms with E-state index in [-0.39, 0.29) is 66.0 Å². The van der Waals surface area contributed by atoms with Gasteiger partial charge in [-0.25, -0.2) is 14.7 Å². The van der Waals surface area contributed by atoms with E-state index in [4.69, 9.17) is 42.3 Å². The van der Waals surface area contributed by atoms with Gasteiger partial charge in [-0.3, -0.25) is 21.0 Å². The van der Waals surface area contributed by atoms with Crippen LogP contribution in [-0.2, 0) is 41.5 Å². The molecule has 0 unspecified atom stereocenters. The molecule has 15 heteroatoms. The zero-order valence-electron chi connectivity index (χ0n) is 33.6. The molecule has 2 atom stereocenters. The van der Waals surface area contributed by atoms with Gasteiger partial charge in [0.2, 0.25) is 5.91 Å². The molecule has 0 aliphatic carbocycles. The van der Waals surface area contributed by atoms with E-state index >= 15 is 0 Å². The number of halogens is 3. The zero-order chi connectivity index (χ0) is 40.6. The molecule has 3 amide bonds. The van der Waals surface area contributed by atoms with Gasteiger partial charge in [-0.1, -0.05) is 54.0 Å². The van der Waals surface area contributed by atoms with Crippen molar-refractivity contribution in [2.24, 2.45) is 0 Å². The summed E-state index contributed by atoms with van der Waals surface area (Å²) in [7, 11) is 2.93. The summed E-state index contributed by atoms with van der Waals surface area (Å²) in [4.78, 5) is 52.5. The van der Waals surface area contributed by atoms with Gasteiger partial charge >= 0.3 is 35.2 Å². The SMILES string of the molecule is C1CCOC1.C=CC(=O)C[C@H](Cc1ccc(Cl)cc1)NC(=O)OC(C)(C)C.CON(C)C(=O)C[C@H](Cc1ccc(Cl)cc1)NC(=O)OC(C)(C)C.[CH-]=C.[Cl-].[Mg+2]. The van der Waals surface area contributed by atoms with Crippen LogP contribution in [0.15, 0.2) is 67.8 Å². The van der Waals surface area contributed by atoms with Crippen LogP contribution in [0.4, 0.5) is 9.59 Å². The Kier molecular flexibility index (Phi) is 31.1. The number of alkyl carbamates (subject to hydrolysis) is 2. The van der Waals surface area contributed by atoms with Crippen LogP contribution in [-0.4, -0.2) is 103 Å². The third-order valence-corrected chi connectivity index (χ3v) is 7.29. The van der Waals surface area contributed by atoms with Crippen LogP contribution < -0.4 is 23.0 Å². The molecule has 2 aromatic rings. The van der Waals surface area contributed by atoms with E-state index in [1.807, 2.05) is 24.3 Å². The maximum absolute atomic E-state index is 12.1. The van der Waals surface area contributed by atoms with Gasteiger partial charge in [-0.2, -0.15) is 0 Å². The normalized spacial score (nSPS) is 12.6. The number of ether oxygens (including phenoxy) is 3. The summed E-state index contributed by atoms with van der Waals surface area (Å²) in [6, 6.07) is 13.7. The van der Waals surface area contributed by atoms with Crippen molar-refractivity contribution in [3.63, 3.8) is 0 Å². The molecule has 1 fully saturated rings. The molecule has 1 aliphatic rings. The summed E-state index contributed by atoms with van der Waals surface area (Å²) in [5.74, 6) is -0.373. The van der Waals surface area contributed by atoms with E-state index in [1.54, 1.807) is 65.8 Å². The number of hydrogen-bond donors (Lipinski definition) is 2. The van der Waals surface area contributed by atoms with Gasteiger partial charge in [0.05, 0.1) is 7.11 Å². The van der Waals surface area contributed by atoms with Crippen molar-refractivity contribution in [2.45, 2.75) is 103 Å². The Bertz CT molecular complexity index is 1390. The number of amides is 3. The molecule has 55 heavy (non-hydrogen) atoms. The number of ketones is 1. The molecule has 0 spiro atoms. The molecule has 2 N–H and O–H groups in total. The summed E-state index contributed by atoms with van der Waals surface area (Å²) in [5.41, 5.74) is 0.732. The Hall–Kier alpha value is -2.84. The zero-order valence-corrected chi connectivity index (χ0v) is 37.2. The molecule has 3 rings (SSSR count). The molecular formula is C40H58Cl3MgN3O8. The number of benzene rings is 2. The van der Waals surface area contributed by atoms with Crippen molar-refractivity contribution in [3.8, 4) is 0 Å². The minimum Gasteiger partial charge on any atom is -1.00 e. The van der Waals surface area contributed by atoms with Crippen molar-refractivity contribution >= 4 is 70.1 Å². The Morgan fingerprint density at radius 2 is 1.16 bits per heavy atom. The monoisotopic (exact) mass is 837 g/mol. The molecule has 1 heterocycles. The summed E-state index contributed by atoms with van der Waals surface area (Å²) in [5, 5.41) is 7.89. The fraction of sp³-hybridized carbons (Fsp3) is 0.500. The molecule has 1 saturated heterocycles. The summed E-state index contributed by atoms with van der Waals surface area (Å²) in [6.45, 7) is 23.2. The van der Waals surface area contributed by atoms with Crippen molar-refractivity contribution in [1.82, 2.24) is 15.7 Å². The van der Waals surface area contributed by atoms with Crippen molar-refractivity contribution < 1.29 is 50.6 Å². The van der Waals surface area contributed by atoms with Crippen LogP contribution in [0.3, 0.4) is 0 Å². The number of rotatable bonds is 12. The fourth-order valence-electron chi connectivity index (χ4n) is 4.38. The number of allylic oxidation sites excluding steroid dienone is 1.